The molecule has 84 valence electrons. The number of nitrogens with two attached hydrogens (primary N) is 1. The molecule has 0 saturated heterocycles. The van der Waals surface area contributed by atoms with Gasteiger partial charge in [0, 0.05) is 13.1 Å². The second-order valence-corrected chi connectivity index (χ2v) is 4.33. The molecular weight excluding hydrogens is 230 g/mol. The van der Waals surface area contributed by atoms with E-state index in [1.807, 2.05) is 0 Å². The van der Waals surface area contributed by atoms with E-state index in [0.29, 0.717) is 0 Å². The van der Waals surface area contributed by atoms with Gasteiger partial charge in [-0.2, -0.15) is 13.9 Å². The molecule has 0 aliphatic rings. The third kappa shape index (κ3) is 2.80. The summed E-state index contributed by atoms with van der Waals surface area (Å²) in [5, 5.41) is 8.08. The molecule has 15 heavy (non-hydrogen) atoms. The van der Waals surface area contributed by atoms with Gasteiger partial charge in [-0.25, -0.2) is 14.0 Å². The Morgan fingerprint density at radius 3 is 2.73 bits per heavy atom. The Hall–Kier alpha value is -1.35. The maximum atomic E-state index is 12.1. The lowest BCUT2D eigenvalue weighted by molar-refractivity contribution is -0.115. The van der Waals surface area contributed by atoms with Crippen molar-refractivity contribution in [3.8, 4) is 0 Å². The van der Waals surface area contributed by atoms with E-state index in [2.05, 4.69) is 9.46 Å². The second-order valence-electron chi connectivity index (χ2n) is 2.59. The first-order valence-electron chi connectivity index (χ1n) is 3.72. The maximum absolute atomic E-state index is 12.1. The summed E-state index contributed by atoms with van der Waals surface area (Å²) in [5.74, 6) is -0.755. The maximum Gasteiger partial charge on any atom is 0.333 e. The van der Waals surface area contributed by atoms with Crippen LogP contribution in [0.15, 0.2) is 21.7 Å². The van der Waals surface area contributed by atoms with Gasteiger partial charge in [0.25, 0.3) is 5.91 Å². The van der Waals surface area contributed by atoms with Gasteiger partial charge in [-0.05, 0) is 6.07 Å². The van der Waals surface area contributed by atoms with E-state index in [0.717, 1.165) is 19.2 Å². The van der Waals surface area contributed by atoms with Crippen LogP contribution in [0, 0.1) is 0 Å². The predicted octanol–water partition coefficient (Wildman–Crippen LogP) is 0.525. The molecule has 9 heteroatoms. The fourth-order valence-corrected chi connectivity index (χ4v) is 1.77. The number of carbonyl (C=O) groups excluding carboxylic acids is 1. The largest absolute Gasteiger partial charge is 0.333 e. The summed E-state index contributed by atoms with van der Waals surface area (Å²) in [5.41, 5.74) is 0. The van der Waals surface area contributed by atoms with Gasteiger partial charge >= 0.3 is 6.55 Å². The van der Waals surface area contributed by atoms with E-state index in [4.69, 9.17) is 5.14 Å². The van der Waals surface area contributed by atoms with Gasteiger partial charge < -0.3 is 0 Å². The molecule has 0 bridgehead atoms. The van der Waals surface area contributed by atoms with Crippen LogP contribution in [0.1, 0.15) is 13.5 Å². The molecule has 1 aromatic rings. The molecule has 0 radical (unpaired) electrons. The molecule has 1 amide bonds. The molecule has 0 fully saturated rings. The smallest absolute Gasteiger partial charge is 0.272 e. The first-order valence-corrected chi connectivity index (χ1v) is 5.29. The van der Waals surface area contributed by atoms with Gasteiger partial charge in [0.05, 0.1) is 0 Å². The van der Waals surface area contributed by atoms with Crippen LogP contribution in [0.3, 0.4) is 0 Å². The Labute approximate surface area is 84.4 Å². The van der Waals surface area contributed by atoms with E-state index >= 15 is 0 Å². The van der Waals surface area contributed by atoms with Crippen molar-refractivity contribution < 1.29 is 17.8 Å². The Morgan fingerprint density at radius 1 is 1.73 bits per heavy atom. The molecule has 0 spiro atoms. The molecule has 6 nitrogen and oxygen atoms in total. The molecule has 1 rings (SSSR count). The zero-order valence-corrected chi connectivity index (χ0v) is 8.45. The molecule has 1 aromatic heterocycles. The summed E-state index contributed by atoms with van der Waals surface area (Å²) in [6.07, 6.45) is 0.905. The zero-order chi connectivity index (χ0) is 11.6. The van der Waals surface area contributed by atoms with Crippen molar-refractivity contribution in [1.29, 1.82) is 0 Å². The minimum Gasteiger partial charge on any atom is -0.272 e. The van der Waals surface area contributed by atoms with Crippen LogP contribution in [0.2, 0.25) is 0 Å². The normalized spacial score (nSPS) is 15.0. The summed E-state index contributed by atoms with van der Waals surface area (Å²) in [6.45, 7) is -1.80. The average molecular weight is 238 g/mol. The summed E-state index contributed by atoms with van der Waals surface area (Å²) >= 11 is 0. The summed E-state index contributed by atoms with van der Waals surface area (Å²) in [4.78, 5) is 10.6. The van der Waals surface area contributed by atoms with Crippen LogP contribution < -0.4 is 5.14 Å². The van der Waals surface area contributed by atoms with Crippen molar-refractivity contribution >= 4 is 15.8 Å². The predicted molar refractivity (Wildman–Crippen MR) is 47.2 cm³/mol. The monoisotopic (exact) mass is 238 g/mol. The first kappa shape index (κ1) is 11.7. The van der Waals surface area contributed by atoms with Gasteiger partial charge in [0.15, 0.2) is 14.9 Å². The van der Waals surface area contributed by atoms with Gasteiger partial charge in [-0.3, -0.25) is 4.79 Å². The van der Waals surface area contributed by atoms with E-state index in [9.17, 15) is 17.8 Å². The number of carbonyl (C=O) groups is 1. The van der Waals surface area contributed by atoms with Crippen molar-refractivity contribution in [2.75, 3.05) is 0 Å². The van der Waals surface area contributed by atoms with E-state index in [1.165, 1.54) is 0 Å². The van der Waals surface area contributed by atoms with Crippen molar-refractivity contribution in [3.05, 3.63) is 12.3 Å². The standard InChI is InChI=1S/C6H8F2N4O2S/c1-4(13)11-15(9,14)5-2-3-12(10-5)6(7)8/h2-3,6H,1H3,(H2,9,11,13,14). The van der Waals surface area contributed by atoms with Crippen molar-refractivity contribution in [2.45, 2.75) is 18.5 Å². The van der Waals surface area contributed by atoms with Crippen LogP contribution >= 0.6 is 0 Å². The molecule has 0 aromatic carbocycles. The highest BCUT2D eigenvalue weighted by Crippen LogP contribution is 2.12. The first-order chi connectivity index (χ1) is 6.83. The van der Waals surface area contributed by atoms with E-state index < -0.39 is 22.4 Å². The summed E-state index contributed by atoms with van der Waals surface area (Å²) < 4.78 is 39.1. The molecular formula is C6H8F2N4O2S. The molecule has 0 aliphatic carbocycles. The number of halogens is 2. The molecule has 1 unspecified atom stereocenters. The number of hydrogen-bond acceptors (Lipinski definition) is 3. The number of hydrogen-bond donors (Lipinski definition) is 1. The molecule has 2 N–H and O–H groups in total. The van der Waals surface area contributed by atoms with Gasteiger partial charge in [-0.15, -0.1) is 4.36 Å². The molecule has 1 atom stereocenters. The van der Waals surface area contributed by atoms with Gasteiger partial charge in [0.2, 0.25) is 0 Å². The minimum atomic E-state index is -3.51. The van der Waals surface area contributed by atoms with Crippen molar-refractivity contribution in [2.24, 2.45) is 9.50 Å². The highest BCUT2D eigenvalue weighted by molar-refractivity contribution is 7.91. The topological polar surface area (TPSA) is 90.3 Å². The van der Waals surface area contributed by atoms with Crippen molar-refractivity contribution in [3.63, 3.8) is 0 Å². The van der Waals surface area contributed by atoms with Crippen LogP contribution in [-0.4, -0.2) is 19.9 Å². The third-order valence-corrected chi connectivity index (χ3v) is 2.69. The van der Waals surface area contributed by atoms with Crippen LogP contribution in [-0.2, 0) is 14.7 Å². The van der Waals surface area contributed by atoms with Gasteiger partial charge in [-0.1, -0.05) is 0 Å². The Kier molecular flexibility index (Phi) is 3.15. The zero-order valence-electron chi connectivity index (χ0n) is 7.63. The molecule has 0 aliphatic heterocycles. The van der Waals surface area contributed by atoms with E-state index in [-0.39, 0.29) is 9.71 Å². The SMILES string of the molecule is CC(=O)N=S(N)(=O)c1ccn(C(F)F)n1. The minimum absolute atomic E-state index is 0.275. The van der Waals surface area contributed by atoms with Crippen LogP contribution in [0.25, 0.3) is 0 Å². The van der Waals surface area contributed by atoms with Gasteiger partial charge in [0.1, 0.15) is 0 Å². The quantitative estimate of drug-likeness (QED) is 0.814. The summed E-state index contributed by atoms with van der Waals surface area (Å²) in [6, 6.07) is 1.03. The third-order valence-electron chi connectivity index (χ3n) is 1.35. The van der Waals surface area contributed by atoms with E-state index in [1.54, 1.807) is 0 Å². The highest BCUT2D eigenvalue weighted by Gasteiger charge is 2.14. The molecule has 1 heterocycles. The lowest BCUT2D eigenvalue weighted by atomic mass is 10.7. The summed E-state index contributed by atoms with van der Waals surface area (Å²) in [7, 11) is -3.51. The fraction of sp³-hybridized carbons (Fsp3) is 0.333. The lowest BCUT2D eigenvalue weighted by Crippen LogP contribution is -2.15. The number of amides is 1. The number of nitrogens with zero attached hydrogens (tertiary/aromatic N) is 3. The lowest BCUT2D eigenvalue weighted by Gasteiger charge is -1.98. The fourth-order valence-electron chi connectivity index (χ4n) is 0.823. The van der Waals surface area contributed by atoms with Crippen LogP contribution in [0.5, 0.6) is 0 Å². The molecule has 0 saturated carbocycles. The number of rotatable bonds is 2. The van der Waals surface area contributed by atoms with Crippen LogP contribution in [0.4, 0.5) is 8.78 Å². The Balaban J connectivity index is 3.17. The Morgan fingerprint density at radius 2 is 2.33 bits per heavy atom. The number of alkyl halides is 2. The average Bonchev–Trinajstić information content (AvgIpc) is 2.48. The Bertz CT molecular complexity index is 489. The second kappa shape index (κ2) is 4.03. The van der Waals surface area contributed by atoms with Crippen molar-refractivity contribution in [1.82, 2.24) is 9.78 Å². The highest BCUT2D eigenvalue weighted by atomic mass is 32.2. The number of aromatic nitrogens is 2.